The smallest absolute Gasteiger partial charge is 0.161 e. The lowest BCUT2D eigenvalue weighted by molar-refractivity contribution is 0.279. The second-order valence-corrected chi connectivity index (χ2v) is 7.37. The zero-order valence-electron chi connectivity index (χ0n) is 16.5. The fourth-order valence-corrected chi connectivity index (χ4v) is 3.40. The van der Waals surface area contributed by atoms with E-state index in [0.717, 1.165) is 24.1 Å². The van der Waals surface area contributed by atoms with Gasteiger partial charge in [-0.05, 0) is 54.4 Å². The lowest BCUT2D eigenvalue weighted by Gasteiger charge is -2.13. The Morgan fingerprint density at radius 1 is 0.933 bits per heavy atom. The largest absolute Gasteiger partial charge is 0.493 e. The summed E-state index contributed by atoms with van der Waals surface area (Å²) < 4.78 is 24.9. The van der Waals surface area contributed by atoms with Gasteiger partial charge in [-0.25, -0.2) is 4.39 Å². The molecule has 3 aromatic rings. The lowest BCUT2D eigenvalue weighted by Crippen LogP contribution is -2.16. The van der Waals surface area contributed by atoms with E-state index in [0.29, 0.717) is 33.7 Å². The molecule has 0 spiro atoms. The SMILES string of the molecule is COc1cc(CNCCc2ccc(Cl)cc2Cl)ccc1OCc1ccccc1F.Cl. The minimum Gasteiger partial charge on any atom is -0.493 e. The van der Waals surface area contributed by atoms with Crippen LogP contribution in [0.2, 0.25) is 10.0 Å². The third-order valence-corrected chi connectivity index (χ3v) is 5.07. The number of nitrogens with one attached hydrogen (secondary N) is 1. The molecule has 0 saturated heterocycles. The highest BCUT2D eigenvalue weighted by molar-refractivity contribution is 6.35. The number of ether oxygens (including phenoxy) is 2. The Bertz CT molecular complexity index is 969. The van der Waals surface area contributed by atoms with E-state index in [9.17, 15) is 4.39 Å². The molecular formula is C23H23Cl3FNO2. The molecule has 0 atom stereocenters. The van der Waals surface area contributed by atoms with Crippen LogP contribution in [-0.2, 0) is 19.6 Å². The van der Waals surface area contributed by atoms with Gasteiger partial charge in [0, 0.05) is 22.2 Å². The summed E-state index contributed by atoms with van der Waals surface area (Å²) in [6.45, 7) is 1.59. The molecule has 3 nitrogen and oxygen atoms in total. The number of hydrogen-bond acceptors (Lipinski definition) is 3. The minimum atomic E-state index is -0.284. The first-order chi connectivity index (χ1) is 14.1. The van der Waals surface area contributed by atoms with Crippen LogP contribution >= 0.6 is 35.6 Å². The number of hydrogen-bond donors (Lipinski definition) is 1. The van der Waals surface area contributed by atoms with Crippen LogP contribution < -0.4 is 14.8 Å². The molecule has 0 fully saturated rings. The van der Waals surface area contributed by atoms with Gasteiger partial charge < -0.3 is 14.8 Å². The molecule has 0 radical (unpaired) electrons. The minimum absolute atomic E-state index is 0. The van der Waals surface area contributed by atoms with E-state index < -0.39 is 0 Å². The molecule has 0 amide bonds. The first-order valence-electron chi connectivity index (χ1n) is 9.24. The Morgan fingerprint density at radius 3 is 2.47 bits per heavy atom. The standard InChI is InChI=1S/C23H22Cl2FNO2.ClH/c1-28-23-12-16(14-27-11-10-17-7-8-19(24)13-20(17)25)6-9-22(23)29-15-18-4-2-3-5-21(18)26;/h2-9,12-13,27H,10-11,14-15H2,1H3;1H. The molecule has 0 bridgehead atoms. The van der Waals surface area contributed by atoms with Gasteiger partial charge in [0.25, 0.3) is 0 Å². The summed E-state index contributed by atoms with van der Waals surface area (Å²) in [7, 11) is 1.59. The maximum absolute atomic E-state index is 13.7. The molecule has 0 aliphatic heterocycles. The molecule has 0 unspecified atom stereocenters. The summed E-state index contributed by atoms with van der Waals surface area (Å²) >= 11 is 12.1. The highest BCUT2D eigenvalue weighted by Crippen LogP contribution is 2.29. The van der Waals surface area contributed by atoms with E-state index in [4.69, 9.17) is 32.7 Å². The maximum atomic E-state index is 13.7. The zero-order valence-corrected chi connectivity index (χ0v) is 18.8. The fourth-order valence-electron chi connectivity index (χ4n) is 2.89. The van der Waals surface area contributed by atoms with Crippen LogP contribution in [0.1, 0.15) is 16.7 Å². The number of benzene rings is 3. The molecule has 3 aromatic carbocycles. The van der Waals surface area contributed by atoms with E-state index >= 15 is 0 Å². The van der Waals surface area contributed by atoms with Crippen molar-refractivity contribution < 1.29 is 13.9 Å². The molecule has 7 heteroatoms. The van der Waals surface area contributed by atoms with Crippen LogP contribution in [0.15, 0.2) is 60.7 Å². The van der Waals surface area contributed by atoms with Crippen LogP contribution in [0.25, 0.3) is 0 Å². The summed E-state index contributed by atoms with van der Waals surface area (Å²) in [6.07, 6.45) is 0.803. The highest BCUT2D eigenvalue weighted by Gasteiger charge is 2.08. The number of rotatable bonds is 9. The molecule has 3 rings (SSSR count). The number of halogens is 4. The first-order valence-corrected chi connectivity index (χ1v) is 10.00. The Labute approximate surface area is 192 Å². The maximum Gasteiger partial charge on any atom is 0.161 e. The van der Waals surface area contributed by atoms with Crippen LogP contribution in [0, 0.1) is 5.82 Å². The predicted molar refractivity (Wildman–Crippen MR) is 123 cm³/mol. The monoisotopic (exact) mass is 469 g/mol. The van der Waals surface area contributed by atoms with Crippen molar-refractivity contribution in [3.8, 4) is 11.5 Å². The van der Waals surface area contributed by atoms with Gasteiger partial charge in [0.1, 0.15) is 12.4 Å². The Balaban J connectivity index is 0.00000320. The van der Waals surface area contributed by atoms with Crippen LogP contribution in [-0.4, -0.2) is 13.7 Å². The van der Waals surface area contributed by atoms with Gasteiger partial charge >= 0.3 is 0 Å². The molecule has 0 heterocycles. The average Bonchev–Trinajstić information content (AvgIpc) is 2.72. The molecule has 1 N–H and O–H groups in total. The van der Waals surface area contributed by atoms with Crippen molar-refractivity contribution in [2.24, 2.45) is 0 Å². The Hall–Kier alpha value is -1.98. The quantitative estimate of drug-likeness (QED) is 0.363. The van der Waals surface area contributed by atoms with Gasteiger partial charge in [-0.2, -0.15) is 0 Å². The fraction of sp³-hybridized carbons (Fsp3) is 0.217. The molecule has 160 valence electrons. The summed E-state index contributed by atoms with van der Waals surface area (Å²) in [5.74, 6) is 0.905. The van der Waals surface area contributed by atoms with Crippen molar-refractivity contribution in [1.29, 1.82) is 0 Å². The predicted octanol–water partition coefficient (Wildman–Crippen LogP) is 6.47. The lowest BCUT2D eigenvalue weighted by atomic mass is 10.1. The van der Waals surface area contributed by atoms with E-state index in [1.54, 1.807) is 31.4 Å². The molecule has 0 aliphatic rings. The normalized spacial score (nSPS) is 10.4. The van der Waals surface area contributed by atoms with Crippen molar-refractivity contribution in [1.82, 2.24) is 5.32 Å². The molecule has 0 aliphatic carbocycles. The van der Waals surface area contributed by atoms with Gasteiger partial charge in [0.05, 0.1) is 7.11 Å². The molecule has 0 saturated carbocycles. The van der Waals surface area contributed by atoms with Crippen molar-refractivity contribution in [3.63, 3.8) is 0 Å². The van der Waals surface area contributed by atoms with Crippen LogP contribution in [0.3, 0.4) is 0 Å². The van der Waals surface area contributed by atoms with Crippen LogP contribution in [0.4, 0.5) is 4.39 Å². The van der Waals surface area contributed by atoms with Gasteiger partial charge in [0.15, 0.2) is 11.5 Å². The van der Waals surface area contributed by atoms with E-state index in [-0.39, 0.29) is 24.8 Å². The average molecular weight is 471 g/mol. The van der Waals surface area contributed by atoms with Gasteiger partial charge in [0.2, 0.25) is 0 Å². The van der Waals surface area contributed by atoms with Gasteiger partial charge in [-0.15, -0.1) is 12.4 Å². The molecular weight excluding hydrogens is 448 g/mol. The van der Waals surface area contributed by atoms with Gasteiger partial charge in [-0.3, -0.25) is 0 Å². The molecule has 0 aromatic heterocycles. The first kappa shape index (κ1) is 24.3. The van der Waals surface area contributed by atoms with E-state index in [1.165, 1.54) is 6.07 Å². The second-order valence-electron chi connectivity index (χ2n) is 6.53. The van der Waals surface area contributed by atoms with Crippen molar-refractivity contribution in [2.45, 2.75) is 19.6 Å². The zero-order chi connectivity index (χ0) is 20.6. The number of methoxy groups -OCH3 is 1. The van der Waals surface area contributed by atoms with E-state index in [1.807, 2.05) is 30.3 Å². The highest BCUT2D eigenvalue weighted by atomic mass is 35.5. The Morgan fingerprint density at radius 2 is 1.73 bits per heavy atom. The molecule has 30 heavy (non-hydrogen) atoms. The van der Waals surface area contributed by atoms with Crippen molar-refractivity contribution in [2.75, 3.05) is 13.7 Å². The summed E-state index contributed by atoms with van der Waals surface area (Å²) in [6, 6.07) is 17.8. The third-order valence-electron chi connectivity index (χ3n) is 4.48. The van der Waals surface area contributed by atoms with E-state index in [2.05, 4.69) is 5.32 Å². The summed E-state index contributed by atoms with van der Waals surface area (Å²) in [5.41, 5.74) is 2.61. The third kappa shape index (κ3) is 6.78. The van der Waals surface area contributed by atoms with Crippen molar-refractivity contribution in [3.05, 3.63) is 93.2 Å². The summed E-state index contributed by atoms with van der Waals surface area (Å²) in [4.78, 5) is 0. The Kier molecular flexibility index (Phi) is 9.73. The summed E-state index contributed by atoms with van der Waals surface area (Å²) in [5, 5.41) is 4.70. The van der Waals surface area contributed by atoms with Gasteiger partial charge in [-0.1, -0.05) is 53.5 Å². The second kappa shape index (κ2) is 12.0. The van der Waals surface area contributed by atoms with Crippen molar-refractivity contribution >= 4 is 35.6 Å². The topological polar surface area (TPSA) is 30.5 Å². The van der Waals surface area contributed by atoms with Crippen LogP contribution in [0.5, 0.6) is 11.5 Å².